The molecule has 0 aliphatic heterocycles. The number of rotatable bonds is 4. The van der Waals surface area contributed by atoms with Crippen molar-refractivity contribution >= 4 is 17.6 Å². The predicted molar refractivity (Wildman–Crippen MR) is 69.4 cm³/mol. The van der Waals surface area contributed by atoms with Crippen LogP contribution in [0.1, 0.15) is 26.5 Å². The molecule has 0 unspecified atom stereocenters. The van der Waals surface area contributed by atoms with Crippen molar-refractivity contribution in [1.82, 2.24) is 0 Å². The van der Waals surface area contributed by atoms with Gasteiger partial charge in [-0.1, -0.05) is 12.1 Å². The number of carbonyl (C=O) groups is 2. The molecule has 0 saturated carbocycles. The Hall–Kier alpha value is -3.07. The number of benzene rings is 1. The van der Waals surface area contributed by atoms with E-state index in [9.17, 15) is 9.59 Å². The van der Waals surface area contributed by atoms with Gasteiger partial charge in [-0.05, 0) is 17.7 Å². The van der Waals surface area contributed by atoms with Crippen LogP contribution in [0.3, 0.4) is 0 Å². The molecule has 1 aromatic heterocycles. The number of anilines is 1. The maximum atomic E-state index is 11.8. The summed E-state index contributed by atoms with van der Waals surface area (Å²) in [4.78, 5) is 22.5. The fraction of sp³-hybridized carbons (Fsp3) is 0.0714. The van der Waals surface area contributed by atoms with Gasteiger partial charge in [-0.25, -0.2) is 4.79 Å². The minimum atomic E-state index is -1.16. The van der Waals surface area contributed by atoms with Gasteiger partial charge in [0.05, 0.1) is 18.1 Å². The van der Waals surface area contributed by atoms with Crippen LogP contribution in [0.4, 0.5) is 5.69 Å². The lowest BCUT2D eigenvalue weighted by Gasteiger charge is -2.03. The first-order chi connectivity index (χ1) is 9.60. The van der Waals surface area contributed by atoms with Crippen LogP contribution < -0.4 is 5.32 Å². The zero-order valence-corrected chi connectivity index (χ0v) is 10.3. The van der Waals surface area contributed by atoms with Crippen LogP contribution in [0, 0.1) is 11.3 Å². The van der Waals surface area contributed by atoms with Gasteiger partial charge in [0.2, 0.25) is 0 Å². The van der Waals surface area contributed by atoms with Crippen LogP contribution >= 0.6 is 0 Å². The normalized spacial score (nSPS) is 9.75. The Balaban J connectivity index is 2.07. The van der Waals surface area contributed by atoms with Crippen molar-refractivity contribution in [3.05, 3.63) is 53.5 Å². The van der Waals surface area contributed by atoms with Gasteiger partial charge < -0.3 is 14.8 Å². The molecule has 1 amide bonds. The fourth-order valence-corrected chi connectivity index (χ4v) is 1.56. The van der Waals surface area contributed by atoms with Gasteiger partial charge in [0.15, 0.2) is 5.76 Å². The minimum Gasteiger partial charge on any atom is -0.478 e. The SMILES string of the molecule is N#CCc1ccc(NC(=O)c2cc(C(=O)O)co2)cc1. The highest BCUT2D eigenvalue weighted by Crippen LogP contribution is 2.13. The number of furan rings is 1. The van der Waals surface area contributed by atoms with Crippen molar-refractivity contribution in [2.75, 3.05) is 5.32 Å². The quantitative estimate of drug-likeness (QED) is 0.887. The van der Waals surface area contributed by atoms with E-state index in [2.05, 4.69) is 5.32 Å². The molecule has 1 heterocycles. The van der Waals surface area contributed by atoms with E-state index in [0.29, 0.717) is 12.1 Å². The lowest BCUT2D eigenvalue weighted by Crippen LogP contribution is -2.10. The largest absolute Gasteiger partial charge is 0.478 e. The molecule has 6 heteroatoms. The van der Waals surface area contributed by atoms with Gasteiger partial charge in [0.25, 0.3) is 5.91 Å². The summed E-state index contributed by atoms with van der Waals surface area (Å²) in [6, 6.07) is 9.95. The van der Waals surface area contributed by atoms with Gasteiger partial charge in [-0.2, -0.15) is 5.26 Å². The molecule has 2 aromatic rings. The Morgan fingerprint density at radius 3 is 2.55 bits per heavy atom. The highest BCUT2D eigenvalue weighted by Gasteiger charge is 2.14. The summed E-state index contributed by atoms with van der Waals surface area (Å²) in [5, 5.41) is 19.9. The monoisotopic (exact) mass is 270 g/mol. The molecule has 0 atom stereocenters. The number of hydrogen-bond acceptors (Lipinski definition) is 4. The molecule has 0 aliphatic rings. The lowest BCUT2D eigenvalue weighted by atomic mass is 10.1. The predicted octanol–water partition coefficient (Wildman–Crippen LogP) is 2.30. The minimum absolute atomic E-state index is 0.0801. The maximum Gasteiger partial charge on any atom is 0.338 e. The van der Waals surface area contributed by atoms with Gasteiger partial charge in [0, 0.05) is 11.8 Å². The van der Waals surface area contributed by atoms with Crippen LogP contribution in [0.25, 0.3) is 0 Å². The van der Waals surface area contributed by atoms with Crippen molar-refractivity contribution in [2.45, 2.75) is 6.42 Å². The molecule has 0 spiro atoms. The van der Waals surface area contributed by atoms with Crippen molar-refractivity contribution in [1.29, 1.82) is 5.26 Å². The van der Waals surface area contributed by atoms with Crippen LogP contribution in [0.15, 0.2) is 41.0 Å². The number of carbonyl (C=O) groups excluding carboxylic acids is 1. The van der Waals surface area contributed by atoms with Crippen LogP contribution in [-0.2, 0) is 6.42 Å². The van der Waals surface area contributed by atoms with Crippen LogP contribution in [-0.4, -0.2) is 17.0 Å². The van der Waals surface area contributed by atoms with E-state index < -0.39 is 11.9 Å². The second-order valence-corrected chi connectivity index (χ2v) is 3.99. The molecule has 20 heavy (non-hydrogen) atoms. The van der Waals surface area contributed by atoms with E-state index in [4.69, 9.17) is 14.8 Å². The Morgan fingerprint density at radius 2 is 2.00 bits per heavy atom. The zero-order valence-electron chi connectivity index (χ0n) is 10.3. The highest BCUT2D eigenvalue weighted by atomic mass is 16.4. The van der Waals surface area contributed by atoms with Crippen LogP contribution in [0.5, 0.6) is 0 Å². The van der Waals surface area contributed by atoms with E-state index in [1.54, 1.807) is 24.3 Å². The number of nitrogens with zero attached hydrogens (tertiary/aromatic N) is 1. The van der Waals surface area contributed by atoms with Crippen molar-refractivity contribution < 1.29 is 19.1 Å². The molecule has 0 radical (unpaired) electrons. The summed E-state index contributed by atoms with van der Waals surface area (Å²) in [7, 11) is 0. The molecule has 100 valence electrons. The highest BCUT2D eigenvalue weighted by molar-refractivity contribution is 6.03. The first kappa shape index (κ1) is 13.4. The van der Waals surface area contributed by atoms with Crippen molar-refractivity contribution in [3.8, 4) is 6.07 Å². The standard InChI is InChI=1S/C14H10N2O4/c15-6-5-9-1-3-11(4-2-9)16-13(17)12-7-10(8-20-12)14(18)19/h1-4,7-8H,5H2,(H,16,17)(H,18,19). The first-order valence-electron chi connectivity index (χ1n) is 5.69. The zero-order chi connectivity index (χ0) is 14.5. The van der Waals surface area contributed by atoms with Crippen molar-refractivity contribution in [2.24, 2.45) is 0 Å². The van der Waals surface area contributed by atoms with E-state index in [1.165, 1.54) is 0 Å². The molecule has 0 aliphatic carbocycles. The van der Waals surface area contributed by atoms with E-state index in [0.717, 1.165) is 17.9 Å². The molecule has 2 N–H and O–H groups in total. The number of carboxylic acids is 1. The molecule has 0 fully saturated rings. The molecular formula is C14H10N2O4. The van der Waals surface area contributed by atoms with Gasteiger partial charge in [-0.3, -0.25) is 4.79 Å². The maximum absolute atomic E-state index is 11.8. The molecule has 6 nitrogen and oxygen atoms in total. The Bertz CT molecular complexity index is 680. The molecule has 0 saturated heterocycles. The van der Waals surface area contributed by atoms with E-state index in [1.807, 2.05) is 6.07 Å². The molecule has 2 rings (SSSR count). The summed E-state index contributed by atoms with van der Waals surface area (Å²) in [5.74, 6) is -1.78. The Morgan fingerprint density at radius 1 is 1.30 bits per heavy atom. The van der Waals surface area contributed by atoms with E-state index >= 15 is 0 Å². The lowest BCUT2D eigenvalue weighted by molar-refractivity contribution is 0.0696. The summed E-state index contributed by atoms with van der Waals surface area (Å²) >= 11 is 0. The van der Waals surface area contributed by atoms with E-state index in [-0.39, 0.29) is 11.3 Å². The fourth-order valence-electron chi connectivity index (χ4n) is 1.56. The molecule has 1 aromatic carbocycles. The Kier molecular flexibility index (Phi) is 3.82. The first-order valence-corrected chi connectivity index (χ1v) is 5.69. The number of nitriles is 1. The van der Waals surface area contributed by atoms with Crippen LogP contribution in [0.2, 0.25) is 0 Å². The second kappa shape index (κ2) is 5.71. The van der Waals surface area contributed by atoms with Gasteiger partial charge in [-0.15, -0.1) is 0 Å². The third-order valence-corrected chi connectivity index (χ3v) is 2.57. The number of nitrogens with one attached hydrogen (secondary N) is 1. The summed E-state index contributed by atoms with van der Waals surface area (Å²) < 4.78 is 4.89. The van der Waals surface area contributed by atoms with Gasteiger partial charge >= 0.3 is 5.97 Å². The van der Waals surface area contributed by atoms with Crippen molar-refractivity contribution in [3.63, 3.8) is 0 Å². The summed E-state index contributed by atoms with van der Waals surface area (Å²) in [5.41, 5.74) is 1.29. The second-order valence-electron chi connectivity index (χ2n) is 3.99. The smallest absolute Gasteiger partial charge is 0.338 e. The average Bonchev–Trinajstić information content (AvgIpc) is 2.91. The number of hydrogen-bond donors (Lipinski definition) is 2. The number of carboxylic acid groups (broad SMARTS) is 1. The Labute approximate surface area is 114 Å². The molecular weight excluding hydrogens is 260 g/mol. The average molecular weight is 270 g/mol. The van der Waals surface area contributed by atoms with Gasteiger partial charge in [0.1, 0.15) is 6.26 Å². The number of aromatic carboxylic acids is 1. The third kappa shape index (κ3) is 3.03. The third-order valence-electron chi connectivity index (χ3n) is 2.57. The summed E-state index contributed by atoms with van der Waals surface area (Å²) in [6.07, 6.45) is 1.31. The molecule has 0 bridgehead atoms. The topological polar surface area (TPSA) is 103 Å². The summed E-state index contributed by atoms with van der Waals surface area (Å²) in [6.45, 7) is 0. The number of amides is 1.